The van der Waals surface area contributed by atoms with E-state index in [9.17, 15) is 14.4 Å². The summed E-state index contributed by atoms with van der Waals surface area (Å²) in [6.45, 7) is 6.56. The lowest BCUT2D eigenvalue weighted by Gasteiger charge is -2.33. The first kappa shape index (κ1) is 12.9. The average molecular weight is 212 g/mol. The minimum absolute atomic E-state index is 0.110. The molecule has 0 aliphatic carbocycles. The predicted molar refractivity (Wildman–Crippen MR) is 53.1 cm³/mol. The van der Waals surface area contributed by atoms with Gasteiger partial charge in [0.25, 0.3) is 0 Å². The first-order valence-corrected chi connectivity index (χ1v) is 4.00. The van der Waals surface area contributed by atoms with Gasteiger partial charge in [-0.1, -0.05) is 12.7 Å². The zero-order valence-electron chi connectivity index (χ0n) is 8.05. The van der Waals surface area contributed by atoms with Gasteiger partial charge in [0.2, 0.25) is 6.41 Å². The summed E-state index contributed by atoms with van der Waals surface area (Å²) >= 11 is 0. The van der Waals surface area contributed by atoms with E-state index in [-0.39, 0.29) is 19.2 Å². The lowest BCUT2D eigenvalue weighted by atomic mass is 10.1. The van der Waals surface area contributed by atoms with Crippen LogP contribution in [-0.2, 0) is 9.59 Å². The maximum absolute atomic E-state index is 10.8. The van der Waals surface area contributed by atoms with Crippen molar-refractivity contribution in [2.75, 3.05) is 6.54 Å². The second kappa shape index (κ2) is 5.58. The smallest absolute Gasteiger partial charge is 0.410 e. The Balaban J connectivity index is 5.21. The van der Waals surface area contributed by atoms with Gasteiger partial charge in [-0.15, -0.1) is 6.58 Å². The summed E-state index contributed by atoms with van der Waals surface area (Å²) in [5, 5.41) is 10.9. The van der Waals surface area contributed by atoms with Crippen molar-refractivity contribution < 1.29 is 19.5 Å². The Hall–Kier alpha value is -2.11. The van der Waals surface area contributed by atoms with Gasteiger partial charge >= 0.3 is 6.09 Å². The average Bonchev–Trinajstić information content (AvgIpc) is 2.23. The molecule has 6 heteroatoms. The summed E-state index contributed by atoms with van der Waals surface area (Å²) in [6, 6.07) is 0. The van der Waals surface area contributed by atoms with E-state index in [4.69, 9.17) is 5.11 Å². The van der Waals surface area contributed by atoms with Crippen LogP contribution in [0.2, 0.25) is 0 Å². The Morgan fingerprint density at radius 2 is 2.07 bits per heavy atom. The lowest BCUT2D eigenvalue weighted by Crippen LogP contribution is -2.60. The maximum atomic E-state index is 10.8. The molecule has 6 nitrogen and oxygen atoms in total. The van der Waals surface area contributed by atoms with Crippen LogP contribution >= 0.6 is 0 Å². The van der Waals surface area contributed by atoms with Crippen LogP contribution in [0.15, 0.2) is 25.3 Å². The molecule has 0 saturated carbocycles. The van der Waals surface area contributed by atoms with Gasteiger partial charge in [-0.25, -0.2) is 4.79 Å². The van der Waals surface area contributed by atoms with Gasteiger partial charge in [-0.05, 0) is 6.08 Å². The van der Waals surface area contributed by atoms with E-state index < -0.39 is 11.8 Å². The summed E-state index contributed by atoms with van der Waals surface area (Å²) in [6.07, 6.45) is 1.48. The van der Waals surface area contributed by atoms with E-state index in [1.165, 1.54) is 6.08 Å². The molecule has 0 spiro atoms. The summed E-state index contributed by atoms with van der Waals surface area (Å²) < 4.78 is 0. The van der Waals surface area contributed by atoms with E-state index in [2.05, 4.69) is 18.5 Å². The molecule has 1 atom stereocenters. The van der Waals surface area contributed by atoms with Crippen molar-refractivity contribution in [1.29, 1.82) is 0 Å². The summed E-state index contributed by atoms with van der Waals surface area (Å²) in [4.78, 5) is 32.7. The van der Waals surface area contributed by atoms with Crippen molar-refractivity contribution in [2.24, 2.45) is 0 Å². The van der Waals surface area contributed by atoms with Gasteiger partial charge in [-0.3, -0.25) is 14.5 Å². The molecular weight excluding hydrogens is 200 g/mol. The highest BCUT2D eigenvalue weighted by molar-refractivity contribution is 5.79. The minimum Gasteiger partial charge on any atom is -0.465 e. The second-order valence-corrected chi connectivity index (χ2v) is 2.59. The highest BCUT2D eigenvalue weighted by Crippen LogP contribution is 2.10. The van der Waals surface area contributed by atoms with Gasteiger partial charge in [0.15, 0.2) is 11.9 Å². The number of hydrogen-bond donors (Lipinski definition) is 2. The van der Waals surface area contributed by atoms with Crippen LogP contribution in [0, 0.1) is 0 Å². The first-order chi connectivity index (χ1) is 7.07. The van der Waals surface area contributed by atoms with Crippen molar-refractivity contribution in [3.05, 3.63) is 25.3 Å². The topological polar surface area (TPSA) is 86.7 Å². The molecule has 0 aromatic carbocycles. The third-order valence-electron chi connectivity index (χ3n) is 1.77. The van der Waals surface area contributed by atoms with Crippen molar-refractivity contribution >= 4 is 18.8 Å². The zero-order valence-corrected chi connectivity index (χ0v) is 8.05. The van der Waals surface area contributed by atoms with Crippen molar-refractivity contribution in [3.63, 3.8) is 0 Å². The van der Waals surface area contributed by atoms with Gasteiger partial charge in [0.05, 0.1) is 0 Å². The second-order valence-electron chi connectivity index (χ2n) is 2.59. The molecule has 0 aromatic rings. The molecule has 1 unspecified atom stereocenters. The largest absolute Gasteiger partial charge is 0.465 e. The Morgan fingerprint density at radius 1 is 1.47 bits per heavy atom. The van der Waals surface area contributed by atoms with Crippen LogP contribution in [0.1, 0.15) is 0 Å². The van der Waals surface area contributed by atoms with Crippen LogP contribution in [-0.4, -0.2) is 41.0 Å². The fourth-order valence-corrected chi connectivity index (χ4v) is 1.00. The molecule has 0 saturated heterocycles. The normalized spacial score (nSPS) is 13.1. The van der Waals surface area contributed by atoms with Crippen LogP contribution in [0.4, 0.5) is 4.79 Å². The van der Waals surface area contributed by atoms with Gasteiger partial charge in [0.1, 0.15) is 0 Å². The van der Waals surface area contributed by atoms with Crippen LogP contribution in [0.5, 0.6) is 0 Å². The number of nitrogens with zero attached hydrogens (tertiary/aromatic N) is 1. The van der Waals surface area contributed by atoms with Crippen LogP contribution < -0.4 is 5.32 Å². The van der Waals surface area contributed by atoms with Crippen molar-refractivity contribution in [2.45, 2.75) is 5.66 Å². The third kappa shape index (κ3) is 2.67. The number of nitrogens with one attached hydrogen (secondary N) is 1. The standard InChI is InChI=1S/C9H12N2O4/c1-3-5-11(8(14)15)9(4-2,6-12)10-7-13/h3-4,6-7H,1-2,5H2,(H,10,13)(H,14,15). The summed E-state index contributed by atoms with van der Waals surface area (Å²) in [7, 11) is 0. The molecule has 0 heterocycles. The van der Waals surface area contributed by atoms with E-state index in [0.29, 0.717) is 4.90 Å². The van der Waals surface area contributed by atoms with Crippen LogP contribution in [0.25, 0.3) is 0 Å². The van der Waals surface area contributed by atoms with Crippen molar-refractivity contribution in [1.82, 2.24) is 10.2 Å². The quantitative estimate of drug-likeness (QED) is 0.352. The Bertz CT molecular complexity index is 280. The van der Waals surface area contributed by atoms with Crippen LogP contribution in [0.3, 0.4) is 0 Å². The van der Waals surface area contributed by atoms with E-state index >= 15 is 0 Å². The maximum Gasteiger partial charge on any atom is 0.410 e. The number of amides is 2. The lowest BCUT2D eigenvalue weighted by molar-refractivity contribution is -0.122. The molecule has 0 aliphatic rings. The number of carbonyl (C=O) groups excluding carboxylic acids is 2. The van der Waals surface area contributed by atoms with E-state index in [1.807, 2.05) is 0 Å². The van der Waals surface area contributed by atoms with Gasteiger partial charge in [0, 0.05) is 6.54 Å². The molecule has 0 aromatic heterocycles. The summed E-state index contributed by atoms with van der Waals surface area (Å²) in [5.41, 5.74) is -1.75. The molecule has 82 valence electrons. The molecule has 2 N–H and O–H groups in total. The SMILES string of the molecule is C=CCN(C(=O)O)C(C=C)(C=O)NC=O. The Kier molecular flexibility index (Phi) is 4.80. The molecule has 0 bridgehead atoms. The molecular formula is C9H12N2O4. The highest BCUT2D eigenvalue weighted by Gasteiger charge is 2.36. The number of carboxylic acid groups (broad SMARTS) is 1. The number of carbonyl (C=O) groups is 3. The molecule has 2 amide bonds. The fraction of sp³-hybridized carbons (Fsp3) is 0.222. The Labute approximate surface area is 86.9 Å². The molecule has 0 radical (unpaired) electrons. The zero-order chi connectivity index (χ0) is 11.9. The number of aldehydes is 1. The number of hydrogen-bond acceptors (Lipinski definition) is 3. The third-order valence-corrected chi connectivity index (χ3v) is 1.77. The fourth-order valence-electron chi connectivity index (χ4n) is 1.00. The first-order valence-electron chi connectivity index (χ1n) is 4.00. The molecule has 15 heavy (non-hydrogen) atoms. The Morgan fingerprint density at radius 3 is 2.33 bits per heavy atom. The van der Waals surface area contributed by atoms with Gasteiger partial charge < -0.3 is 10.4 Å². The molecule has 0 rings (SSSR count). The predicted octanol–water partition coefficient (Wildman–Crippen LogP) is -0.0204. The van der Waals surface area contributed by atoms with E-state index in [1.54, 1.807) is 0 Å². The minimum atomic E-state index is -1.75. The van der Waals surface area contributed by atoms with E-state index in [0.717, 1.165) is 6.08 Å². The molecule has 0 aliphatic heterocycles. The summed E-state index contributed by atoms with van der Waals surface area (Å²) in [5.74, 6) is 0. The van der Waals surface area contributed by atoms with Gasteiger partial charge in [-0.2, -0.15) is 0 Å². The molecule has 0 fully saturated rings. The highest BCUT2D eigenvalue weighted by atomic mass is 16.4. The van der Waals surface area contributed by atoms with Crippen molar-refractivity contribution in [3.8, 4) is 0 Å². The monoisotopic (exact) mass is 212 g/mol. The number of rotatable bonds is 7.